The van der Waals surface area contributed by atoms with E-state index in [1.165, 1.54) is 0 Å². The van der Waals surface area contributed by atoms with Crippen molar-refractivity contribution in [2.75, 3.05) is 0 Å². The quantitative estimate of drug-likeness (QED) is 0.609. The molecule has 0 saturated carbocycles. The monoisotopic (exact) mass is 319 g/mol. The summed E-state index contributed by atoms with van der Waals surface area (Å²) in [6.45, 7) is 0. The molecule has 110 valence electrons. The van der Waals surface area contributed by atoms with Crippen molar-refractivity contribution in [1.29, 1.82) is 5.26 Å². The van der Waals surface area contributed by atoms with Crippen molar-refractivity contribution in [3.63, 3.8) is 0 Å². The molecule has 0 radical (unpaired) electrons. The molecule has 2 heterocycles. The number of imidazole rings is 1. The fraction of sp³-hybridized carbons (Fsp3) is 0.0588. The summed E-state index contributed by atoms with van der Waals surface area (Å²) in [5.41, 5.74) is 3.47. The highest BCUT2D eigenvalue weighted by Gasteiger charge is 2.23. The molecular formula is C17H10ClN5. The van der Waals surface area contributed by atoms with E-state index in [0.717, 1.165) is 11.0 Å². The molecule has 2 aromatic carbocycles. The summed E-state index contributed by atoms with van der Waals surface area (Å²) in [4.78, 5) is 16.5. The van der Waals surface area contributed by atoms with Crippen LogP contribution in [0, 0.1) is 11.3 Å². The minimum atomic E-state index is -0.702. The van der Waals surface area contributed by atoms with Gasteiger partial charge in [0.05, 0.1) is 28.1 Å². The number of nitrogens with zero attached hydrogens (tertiary/aromatic N) is 4. The first-order valence-electron chi connectivity index (χ1n) is 7.02. The van der Waals surface area contributed by atoms with Crippen molar-refractivity contribution in [3.05, 3.63) is 65.2 Å². The van der Waals surface area contributed by atoms with E-state index in [2.05, 4.69) is 26.0 Å². The van der Waals surface area contributed by atoms with Gasteiger partial charge in [0.15, 0.2) is 5.15 Å². The van der Waals surface area contributed by atoms with E-state index in [0.29, 0.717) is 22.6 Å². The third kappa shape index (κ3) is 2.30. The van der Waals surface area contributed by atoms with Crippen LogP contribution in [0.15, 0.2) is 48.5 Å². The van der Waals surface area contributed by atoms with Gasteiger partial charge in [-0.25, -0.2) is 15.0 Å². The molecule has 1 N–H and O–H groups in total. The van der Waals surface area contributed by atoms with E-state index in [1.807, 2.05) is 48.5 Å². The Bertz CT molecular complexity index is 1030. The van der Waals surface area contributed by atoms with Crippen LogP contribution in [0.3, 0.4) is 0 Å². The summed E-state index contributed by atoms with van der Waals surface area (Å²) in [5.74, 6) is -0.188. The number of aromatic amines is 1. The molecule has 23 heavy (non-hydrogen) atoms. The van der Waals surface area contributed by atoms with E-state index in [4.69, 9.17) is 11.6 Å². The number of nitrogens with one attached hydrogen (secondary N) is 1. The first-order valence-corrected chi connectivity index (χ1v) is 7.40. The SMILES string of the molecule is N#C[C@@H](c1nc2ccccc2[nH]1)c1nc2ccccc2nc1Cl. The maximum absolute atomic E-state index is 9.62. The fourth-order valence-electron chi connectivity index (χ4n) is 2.54. The van der Waals surface area contributed by atoms with Crippen molar-refractivity contribution >= 4 is 33.7 Å². The van der Waals surface area contributed by atoms with Gasteiger partial charge in [-0.05, 0) is 24.3 Å². The number of rotatable bonds is 2. The van der Waals surface area contributed by atoms with E-state index >= 15 is 0 Å². The highest BCUT2D eigenvalue weighted by molar-refractivity contribution is 6.30. The molecule has 5 nitrogen and oxygen atoms in total. The number of H-pyrrole nitrogens is 1. The van der Waals surface area contributed by atoms with Gasteiger partial charge in [-0.2, -0.15) is 5.26 Å². The smallest absolute Gasteiger partial charge is 0.153 e. The molecule has 0 amide bonds. The van der Waals surface area contributed by atoms with Crippen LogP contribution in [0.5, 0.6) is 0 Å². The maximum Gasteiger partial charge on any atom is 0.153 e. The van der Waals surface area contributed by atoms with E-state index < -0.39 is 5.92 Å². The normalized spacial score (nSPS) is 12.3. The van der Waals surface area contributed by atoms with E-state index in [-0.39, 0.29) is 5.15 Å². The van der Waals surface area contributed by atoms with Gasteiger partial charge in [-0.3, -0.25) is 0 Å². The summed E-state index contributed by atoms with van der Waals surface area (Å²) in [6, 6.07) is 17.2. The average molecular weight is 320 g/mol. The first kappa shape index (κ1) is 13.7. The molecule has 2 aromatic heterocycles. The van der Waals surface area contributed by atoms with Gasteiger partial charge in [-0.15, -0.1) is 0 Å². The van der Waals surface area contributed by atoms with Crippen molar-refractivity contribution < 1.29 is 0 Å². The van der Waals surface area contributed by atoms with Crippen LogP contribution in [0.2, 0.25) is 5.15 Å². The van der Waals surface area contributed by atoms with Gasteiger partial charge in [0.2, 0.25) is 0 Å². The van der Waals surface area contributed by atoms with Crippen LogP contribution in [-0.4, -0.2) is 19.9 Å². The lowest BCUT2D eigenvalue weighted by Crippen LogP contribution is -2.06. The Hall–Kier alpha value is -2.97. The Morgan fingerprint density at radius 3 is 2.26 bits per heavy atom. The fourth-order valence-corrected chi connectivity index (χ4v) is 2.78. The number of hydrogen-bond acceptors (Lipinski definition) is 4. The summed E-state index contributed by atoms with van der Waals surface area (Å²) in [5, 5.41) is 9.84. The van der Waals surface area contributed by atoms with Crippen molar-refractivity contribution in [1.82, 2.24) is 19.9 Å². The molecule has 0 saturated heterocycles. The molecular weight excluding hydrogens is 310 g/mol. The molecule has 0 aliphatic carbocycles. The number of benzene rings is 2. The van der Waals surface area contributed by atoms with Crippen LogP contribution in [0.25, 0.3) is 22.1 Å². The Morgan fingerprint density at radius 2 is 1.57 bits per heavy atom. The summed E-state index contributed by atoms with van der Waals surface area (Å²) in [6.07, 6.45) is 0. The second-order valence-electron chi connectivity index (χ2n) is 5.09. The van der Waals surface area contributed by atoms with Crippen LogP contribution in [0.4, 0.5) is 0 Å². The van der Waals surface area contributed by atoms with E-state index in [1.54, 1.807) is 0 Å². The number of aromatic nitrogens is 4. The Morgan fingerprint density at radius 1 is 0.913 bits per heavy atom. The number of halogens is 1. The first-order chi connectivity index (χ1) is 11.3. The highest BCUT2D eigenvalue weighted by atomic mass is 35.5. The van der Waals surface area contributed by atoms with Gasteiger partial charge >= 0.3 is 0 Å². The summed E-state index contributed by atoms with van der Waals surface area (Å²) in [7, 11) is 0. The predicted octanol–water partition coefficient (Wildman–Crippen LogP) is 3.81. The molecule has 6 heteroatoms. The molecule has 1 atom stereocenters. The van der Waals surface area contributed by atoms with Crippen molar-refractivity contribution in [2.45, 2.75) is 5.92 Å². The Kier molecular flexibility index (Phi) is 3.18. The lowest BCUT2D eigenvalue weighted by molar-refractivity contribution is 0.891. The topological polar surface area (TPSA) is 78.2 Å². The van der Waals surface area contributed by atoms with Crippen LogP contribution in [0.1, 0.15) is 17.4 Å². The third-order valence-electron chi connectivity index (χ3n) is 3.64. The minimum Gasteiger partial charge on any atom is -0.341 e. The van der Waals surface area contributed by atoms with Crippen molar-refractivity contribution in [3.8, 4) is 6.07 Å². The van der Waals surface area contributed by atoms with Gasteiger partial charge in [0, 0.05) is 0 Å². The second-order valence-corrected chi connectivity index (χ2v) is 5.45. The zero-order valence-corrected chi connectivity index (χ0v) is 12.6. The average Bonchev–Trinajstić information content (AvgIpc) is 2.99. The molecule has 0 bridgehead atoms. The minimum absolute atomic E-state index is 0.218. The molecule has 4 aromatic rings. The number of fused-ring (bicyclic) bond motifs is 2. The maximum atomic E-state index is 9.62. The molecule has 0 fully saturated rings. The summed E-state index contributed by atoms with van der Waals surface area (Å²) >= 11 is 6.26. The van der Waals surface area contributed by atoms with Crippen molar-refractivity contribution in [2.24, 2.45) is 0 Å². The molecule has 4 rings (SSSR count). The third-order valence-corrected chi connectivity index (χ3v) is 3.91. The van der Waals surface area contributed by atoms with Crippen LogP contribution in [-0.2, 0) is 0 Å². The molecule has 0 spiro atoms. The van der Waals surface area contributed by atoms with E-state index in [9.17, 15) is 5.26 Å². The van der Waals surface area contributed by atoms with Gasteiger partial charge in [0.1, 0.15) is 17.4 Å². The van der Waals surface area contributed by atoms with Gasteiger partial charge < -0.3 is 4.98 Å². The molecule has 0 aliphatic heterocycles. The van der Waals surface area contributed by atoms with Crippen LogP contribution >= 0.6 is 11.6 Å². The number of para-hydroxylation sites is 4. The lowest BCUT2D eigenvalue weighted by Gasteiger charge is -2.08. The zero-order valence-electron chi connectivity index (χ0n) is 11.9. The standard InChI is InChI=1S/C17H10ClN5/c18-16-15(20-11-5-1-2-6-12(11)21-16)10(9-19)17-22-13-7-3-4-8-14(13)23-17/h1-8,10H,(H,22,23)/t10-/m1/s1. The largest absolute Gasteiger partial charge is 0.341 e. The van der Waals surface area contributed by atoms with Gasteiger partial charge in [0.25, 0.3) is 0 Å². The molecule has 0 aliphatic rings. The Labute approximate surface area is 136 Å². The zero-order chi connectivity index (χ0) is 15.8. The second kappa shape index (κ2) is 5.34. The lowest BCUT2D eigenvalue weighted by atomic mass is 10.1. The number of nitriles is 1. The Balaban J connectivity index is 1.89. The molecule has 0 unspecified atom stereocenters. The van der Waals surface area contributed by atoms with Gasteiger partial charge in [-0.1, -0.05) is 35.9 Å². The predicted molar refractivity (Wildman–Crippen MR) is 88.1 cm³/mol. The summed E-state index contributed by atoms with van der Waals surface area (Å²) < 4.78 is 0. The number of hydrogen-bond donors (Lipinski definition) is 1. The van der Waals surface area contributed by atoms with Crippen LogP contribution < -0.4 is 0 Å². The highest BCUT2D eigenvalue weighted by Crippen LogP contribution is 2.28.